The van der Waals surface area contributed by atoms with E-state index in [0.29, 0.717) is 24.0 Å². The maximum Gasteiger partial charge on any atom is 0.228 e. The summed E-state index contributed by atoms with van der Waals surface area (Å²) in [7, 11) is 3.24. The minimum Gasteiger partial charge on any atom is -0.493 e. The number of hydrogen-bond donors (Lipinski definition) is 0. The van der Waals surface area contributed by atoms with Crippen molar-refractivity contribution in [3.05, 3.63) is 29.3 Å². The predicted molar refractivity (Wildman–Crippen MR) is 104 cm³/mol. The van der Waals surface area contributed by atoms with E-state index in [-0.39, 0.29) is 5.91 Å². The van der Waals surface area contributed by atoms with Crippen molar-refractivity contribution in [2.75, 3.05) is 20.8 Å². The summed E-state index contributed by atoms with van der Waals surface area (Å²) in [5, 5.41) is 2.87. The van der Waals surface area contributed by atoms with Crippen LogP contribution in [0, 0.1) is 0 Å². The van der Waals surface area contributed by atoms with E-state index >= 15 is 0 Å². The Morgan fingerprint density at radius 1 is 1.23 bits per heavy atom. The molecule has 1 heterocycles. The first-order valence-corrected chi connectivity index (χ1v) is 10.0. The van der Waals surface area contributed by atoms with Gasteiger partial charge in [0.15, 0.2) is 11.5 Å². The lowest BCUT2D eigenvalue weighted by Crippen LogP contribution is -2.39. The number of carbonyl (C=O) groups excluding carboxylic acids is 1. The summed E-state index contributed by atoms with van der Waals surface area (Å²) in [5.41, 5.74) is 1.80. The number of likely N-dealkylation sites (N-methyl/N-ethyl adjacent to an activating group) is 1. The molecule has 1 fully saturated rings. The molecule has 140 valence electrons. The maximum atomic E-state index is 12.7. The highest BCUT2D eigenvalue weighted by Crippen LogP contribution is 2.33. The molecule has 0 saturated heterocycles. The van der Waals surface area contributed by atoms with Gasteiger partial charge in [-0.25, -0.2) is 4.98 Å². The van der Waals surface area contributed by atoms with E-state index in [2.05, 4.69) is 11.9 Å². The van der Waals surface area contributed by atoms with Crippen molar-refractivity contribution in [2.45, 2.75) is 45.1 Å². The normalized spacial score (nSPS) is 14.4. The number of ether oxygens (including phenoxy) is 2. The zero-order valence-electron chi connectivity index (χ0n) is 15.7. The number of rotatable bonds is 7. The number of thiazole rings is 1. The van der Waals surface area contributed by atoms with Crippen LogP contribution in [0.4, 0.5) is 0 Å². The van der Waals surface area contributed by atoms with Crippen molar-refractivity contribution < 1.29 is 14.3 Å². The van der Waals surface area contributed by atoms with Crippen LogP contribution in [0.15, 0.2) is 23.6 Å². The van der Waals surface area contributed by atoms with Crippen molar-refractivity contribution in [1.29, 1.82) is 0 Å². The molecule has 2 aromatic rings. The second-order valence-electron chi connectivity index (χ2n) is 6.51. The highest BCUT2D eigenvalue weighted by atomic mass is 32.1. The van der Waals surface area contributed by atoms with Gasteiger partial charge < -0.3 is 14.4 Å². The van der Waals surface area contributed by atoms with Crippen LogP contribution in [0.5, 0.6) is 11.5 Å². The molecule has 1 aliphatic carbocycles. The first-order chi connectivity index (χ1) is 12.7. The van der Waals surface area contributed by atoms with Crippen LogP contribution in [-0.4, -0.2) is 42.6 Å². The topological polar surface area (TPSA) is 51.7 Å². The molecule has 0 spiro atoms. The molecule has 1 aliphatic rings. The summed E-state index contributed by atoms with van der Waals surface area (Å²) in [5.74, 6) is 1.55. The van der Waals surface area contributed by atoms with Crippen molar-refractivity contribution in [1.82, 2.24) is 9.88 Å². The van der Waals surface area contributed by atoms with Gasteiger partial charge in [-0.05, 0) is 38.0 Å². The predicted octanol–water partition coefficient (Wildman–Crippen LogP) is 4.16. The molecule has 26 heavy (non-hydrogen) atoms. The fourth-order valence-electron chi connectivity index (χ4n) is 3.60. The van der Waals surface area contributed by atoms with E-state index in [4.69, 9.17) is 9.47 Å². The van der Waals surface area contributed by atoms with E-state index < -0.39 is 0 Å². The molecule has 6 heteroatoms. The maximum absolute atomic E-state index is 12.7. The third-order valence-corrected chi connectivity index (χ3v) is 5.88. The zero-order valence-corrected chi connectivity index (χ0v) is 16.5. The molecule has 5 nitrogen and oxygen atoms in total. The van der Waals surface area contributed by atoms with Gasteiger partial charge in [0, 0.05) is 23.5 Å². The number of benzene rings is 1. The summed E-state index contributed by atoms with van der Waals surface area (Å²) >= 11 is 1.55. The number of carbonyl (C=O) groups is 1. The highest BCUT2D eigenvalue weighted by molar-refractivity contribution is 7.13. The summed E-state index contributed by atoms with van der Waals surface area (Å²) in [6, 6.07) is 6.17. The Morgan fingerprint density at radius 2 is 1.96 bits per heavy atom. The lowest BCUT2D eigenvalue weighted by Gasteiger charge is -2.27. The SMILES string of the molecule is CCN(C(=O)Cc1csc(-c2ccc(OC)c(OC)c2)n1)C1CCCC1. The fourth-order valence-corrected chi connectivity index (χ4v) is 4.42. The molecule has 0 atom stereocenters. The summed E-state index contributed by atoms with van der Waals surface area (Å²) in [6.45, 7) is 2.84. The second-order valence-corrected chi connectivity index (χ2v) is 7.37. The van der Waals surface area contributed by atoms with Crippen LogP contribution in [0.2, 0.25) is 0 Å². The summed E-state index contributed by atoms with van der Waals surface area (Å²) < 4.78 is 10.6. The van der Waals surface area contributed by atoms with E-state index in [1.165, 1.54) is 12.8 Å². The van der Waals surface area contributed by atoms with Crippen molar-refractivity contribution in [3.63, 3.8) is 0 Å². The Labute approximate surface area is 159 Å². The van der Waals surface area contributed by atoms with Gasteiger partial charge in [0.05, 0.1) is 26.3 Å². The minimum atomic E-state index is 0.184. The van der Waals surface area contributed by atoms with Crippen LogP contribution in [0.3, 0.4) is 0 Å². The molecule has 1 saturated carbocycles. The number of hydrogen-bond acceptors (Lipinski definition) is 5. The highest BCUT2D eigenvalue weighted by Gasteiger charge is 2.25. The number of nitrogens with zero attached hydrogens (tertiary/aromatic N) is 2. The largest absolute Gasteiger partial charge is 0.493 e. The lowest BCUT2D eigenvalue weighted by molar-refractivity contribution is -0.132. The smallest absolute Gasteiger partial charge is 0.228 e. The Morgan fingerprint density at radius 3 is 2.62 bits per heavy atom. The molecule has 1 aromatic carbocycles. The van der Waals surface area contributed by atoms with Gasteiger partial charge in [-0.15, -0.1) is 11.3 Å². The Balaban J connectivity index is 1.72. The van der Waals surface area contributed by atoms with E-state index in [9.17, 15) is 4.79 Å². The third-order valence-electron chi connectivity index (χ3n) is 4.94. The molecule has 1 aromatic heterocycles. The van der Waals surface area contributed by atoms with E-state index in [1.54, 1.807) is 25.6 Å². The van der Waals surface area contributed by atoms with Gasteiger partial charge in [-0.2, -0.15) is 0 Å². The number of aromatic nitrogens is 1. The number of methoxy groups -OCH3 is 2. The monoisotopic (exact) mass is 374 g/mol. The first kappa shape index (κ1) is 18.7. The third kappa shape index (κ3) is 4.01. The van der Waals surface area contributed by atoms with Gasteiger partial charge in [0.25, 0.3) is 0 Å². The van der Waals surface area contributed by atoms with Crippen LogP contribution in [0.1, 0.15) is 38.3 Å². The van der Waals surface area contributed by atoms with Crippen molar-refractivity contribution in [3.8, 4) is 22.1 Å². The van der Waals surface area contributed by atoms with E-state index in [0.717, 1.165) is 35.7 Å². The van der Waals surface area contributed by atoms with E-state index in [1.807, 2.05) is 28.5 Å². The van der Waals surface area contributed by atoms with Crippen LogP contribution >= 0.6 is 11.3 Å². The summed E-state index contributed by atoms with van der Waals surface area (Å²) in [4.78, 5) is 19.4. The quantitative estimate of drug-likeness (QED) is 0.730. The fraction of sp³-hybridized carbons (Fsp3) is 0.500. The second kappa shape index (κ2) is 8.54. The number of amides is 1. The molecule has 1 amide bonds. The van der Waals surface area contributed by atoms with Gasteiger partial charge >= 0.3 is 0 Å². The van der Waals surface area contributed by atoms with Gasteiger partial charge in [0.2, 0.25) is 5.91 Å². The first-order valence-electron chi connectivity index (χ1n) is 9.12. The average Bonchev–Trinajstić information content (AvgIpc) is 3.34. The van der Waals surface area contributed by atoms with Crippen LogP contribution < -0.4 is 9.47 Å². The molecule has 0 N–H and O–H groups in total. The molecular formula is C20H26N2O3S. The molecule has 0 radical (unpaired) electrons. The Hall–Kier alpha value is -2.08. The Bertz CT molecular complexity index is 753. The average molecular weight is 375 g/mol. The Kier molecular flexibility index (Phi) is 6.14. The molecular weight excluding hydrogens is 348 g/mol. The van der Waals surface area contributed by atoms with Crippen molar-refractivity contribution >= 4 is 17.2 Å². The van der Waals surface area contributed by atoms with Gasteiger partial charge in [-0.1, -0.05) is 12.8 Å². The summed E-state index contributed by atoms with van der Waals surface area (Å²) in [6.07, 6.45) is 5.10. The lowest BCUT2D eigenvalue weighted by atomic mass is 10.2. The molecule has 0 unspecified atom stereocenters. The minimum absolute atomic E-state index is 0.184. The van der Waals surface area contributed by atoms with Gasteiger partial charge in [-0.3, -0.25) is 4.79 Å². The molecule has 0 aliphatic heterocycles. The standard InChI is InChI=1S/C20H26N2O3S/c1-4-22(16-7-5-6-8-16)19(23)12-15-13-26-20(21-15)14-9-10-17(24-2)18(11-14)25-3/h9-11,13,16H,4-8,12H2,1-3H3. The van der Waals surface area contributed by atoms with Crippen molar-refractivity contribution in [2.24, 2.45) is 0 Å². The zero-order chi connectivity index (χ0) is 18.5. The van der Waals surface area contributed by atoms with Crippen LogP contribution in [-0.2, 0) is 11.2 Å². The molecule has 3 rings (SSSR count). The molecule has 0 bridgehead atoms. The van der Waals surface area contributed by atoms with Crippen LogP contribution in [0.25, 0.3) is 10.6 Å². The van der Waals surface area contributed by atoms with Gasteiger partial charge in [0.1, 0.15) is 5.01 Å².